The van der Waals surface area contributed by atoms with Crippen LogP contribution in [0.2, 0.25) is 0 Å². The van der Waals surface area contributed by atoms with E-state index < -0.39 is 0 Å². The summed E-state index contributed by atoms with van der Waals surface area (Å²) < 4.78 is 5.38. The molecule has 0 saturated heterocycles. The fraction of sp³-hybridized carbons (Fsp3) is 0.444. The zero-order valence-electron chi connectivity index (χ0n) is 13.6. The van der Waals surface area contributed by atoms with Gasteiger partial charge in [0.15, 0.2) is 0 Å². The molecule has 1 N–H and O–H groups in total. The first-order valence-electron chi connectivity index (χ1n) is 7.51. The third-order valence-electron chi connectivity index (χ3n) is 3.75. The summed E-state index contributed by atoms with van der Waals surface area (Å²) in [6, 6.07) is 6.98. The van der Waals surface area contributed by atoms with Gasteiger partial charge in [0.05, 0.1) is 6.26 Å². The Kier molecular flexibility index (Phi) is 5.54. The summed E-state index contributed by atoms with van der Waals surface area (Å²) in [7, 11) is 0. The Morgan fingerprint density at radius 2 is 1.81 bits per heavy atom. The molecule has 1 heterocycles. The lowest BCUT2D eigenvalue weighted by molar-refractivity contribution is 0.526. The molecule has 0 fully saturated rings. The molecule has 1 aromatic carbocycles. The molecule has 0 saturated carbocycles. The molecule has 0 aliphatic carbocycles. The largest absolute Gasteiger partial charge is 0.468 e. The van der Waals surface area contributed by atoms with Crippen LogP contribution in [0.25, 0.3) is 0 Å². The number of thioether (sulfide) groups is 1. The second-order valence-electron chi connectivity index (χ2n) is 5.57. The molecule has 0 amide bonds. The van der Waals surface area contributed by atoms with Crippen LogP contribution in [-0.4, -0.2) is 12.3 Å². The summed E-state index contributed by atoms with van der Waals surface area (Å²) in [5.41, 5.74) is 5.53. The topological polar surface area (TPSA) is 25.2 Å². The lowest BCUT2D eigenvalue weighted by atomic mass is 9.95. The first-order chi connectivity index (χ1) is 10.0. The molecule has 0 spiro atoms. The Hall–Kier alpha value is -1.19. The van der Waals surface area contributed by atoms with E-state index in [1.807, 2.05) is 18.7 Å². The van der Waals surface area contributed by atoms with Crippen LogP contribution in [-0.2, 0) is 0 Å². The van der Waals surface area contributed by atoms with Crippen molar-refractivity contribution in [1.29, 1.82) is 0 Å². The predicted molar refractivity (Wildman–Crippen MR) is 91.2 cm³/mol. The molecule has 1 unspecified atom stereocenters. The molecule has 2 nitrogen and oxygen atoms in total. The molecule has 1 atom stereocenters. The zero-order chi connectivity index (χ0) is 15.4. The van der Waals surface area contributed by atoms with Crippen molar-refractivity contribution >= 4 is 11.8 Å². The Morgan fingerprint density at radius 1 is 1.14 bits per heavy atom. The number of aryl methyl sites for hydroxylation is 4. The van der Waals surface area contributed by atoms with Crippen molar-refractivity contribution in [3.63, 3.8) is 0 Å². The zero-order valence-corrected chi connectivity index (χ0v) is 14.4. The van der Waals surface area contributed by atoms with Gasteiger partial charge < -0.3 is 9.73 Å². The number of nitrogens with one attached hydrogen (secondary N) is 1. The highest BCUT2D eigenvalue weighted by Crippen LogP contribution is 2.31. The normalized spacial score (nSPS) is 12.6. The van der Waals surface area contributed by atoms with Gasteiger partial charge in [0, 0.05) is 16.7 Å². The highest BCUT2D eigenvalue weighted by atomic mass is 32.2. The van der Waals surface area contributed by atoms with Crippen LogP contribution < -0.4 is 5.32 Å². The first kappa shape index (κ1) is 16.2. The van der Waals surface area contributed by atoms with E-state index in [9.17, 15) is 0 Å². The SMILES string of the molecule is CCNC(CSc1ccoc1C)c1c(C)cc(C)cc1C. The van der Waals surface area contributed by atoms with E-state index in [4.69, 9.17) is 4.42 Å². The summed E-state index contributed by atoms with van der Waals surface area (Å²) in [6.45, 7) is 11.8. The van der Waals surface area contributed by atoms with Crippen molar-refractivity contribution in [2.75, 3.05) is 12.3 Å². The Balaban J connectivity index is 2.21. The number of furan rings is 1. The Labute approximate surface area is 132 Å². The van der Waals surface area contributed by atoms with Gasteiger partial charge in [-0.05, 0) is 57.0 Å². The maximum atomic E-state index is 5.38. The van der Waals surface area contributed by atoms with Gasteiger partial charge in [-0.2, -0.15) is 0 Å². The minimum atomic E-state index is 0.370. The monoisotopic (exact) mass is 303 g/mol. The summed E-state index contributed by atoms with van der Waals surface area (Å²) in [5, 5.41) is 3.63. The Bertz CT molecular complexity index is 580. The number of hydrogen-bond donors (Lipinski definition) is 1. The standard InChI is InChI=1S/C18H25NOS/c1-6-19-16(11-21-17-7-8-20-15(17)5)18-13(3)9-12(2)10-14(18)4/h7-10,16,19H,6,11H2,1-5H3. The number of rotatable bonds is 6. The van der Waals surface area contributed by atoms with Crippen molar-refractivity contribution in [1.82, 2.24) is 5.32 Å². The van der Waals surface area contributed by atoms with Gasteiger partial charge in [0.2, 0.25) is 0 Å². The molecule has 114 valence electrons. The minimum Gasteiger partial charge on any atom is -0.468 e. The number of benzene rings is 1. The van der Waals surface area contributed by atoms with Crippen LogP contribution >= 0.6 is 11.8 Å². The molecule has 3 heteroatoms. The van der Waals surface area contributed by atoms with E-state index in [2.05, 4.69) is 51.2 Å². The molecular weight excluding hydrogens is 278 g/mol. The lowest BCUT2D eigenvalue weighted by Crippen LogP contribution is -2.24. The molecule has 2 rings (SSSR count). The van der Waals surface area contributed by atoms with Crippen molar-refractivity contribution < 1.29 is 4.42 Å². The highest BCUT2D eigenvalue weighted by molar-refractivity contribution is 7.99. The predicted octanol–water partition coefficient (Wildman–Crippen LogP) is 4.96. The van der Waals surface area contributed by atoms with Crippen LogP contribution in [0.5, 0.6) is 0 Å². The quantitative estimate of drug-likeness (QED) is 0.764. The molecule has 0 bridgehead atoms. The van der Waals surface area contributed by atoms with Crippen LogP contribution in [0, 0.1) is 27.7 Å². The molecule has 0 aliphatic rings. The van der Waals surface area contributed by atoms with Gasteiger partial charge in [0.25, 0.3) is 0 Å². The summed E-state index contributed by atoms with van der Waals surface area (Å²) in [6.07, 6.45) is 1.77. The fourth-order valence-electron chi connectivity index (χ4n) is 2.93. The summed E-state index contributed by atoms with van der Waals surface area (Å²) >= 11 is 1.86. The molecule has 2 aromatic rings. The van der Waals surface area contributed by atoms with Gasteiger partial charge in [-0.25, -0.2) is 0 Å². The van der Waals surface area contributed by atoms with Crippen molar-refractivity contribution in [3.05, 3.63) is 52.5 Å². The average Bonchev–Trinajstić information content (AvgIpc) is 2.80. The van der Waals surface area contributed by atoms with Crippen LogP contribution in [0.15, 0.2) is 33.8 Å². The average molecular weight is 303 g/mol. The van der Waals surface area contributed by atoms with Crippen LogP contribution in [0.4, 0.5) is 0 Å². The van der Waals surface area contributed by atoms with Crippen molar-refractivity contribution in [3.8, 4) is 0 Å². The molecular formula is C18H25NOS. The van der Waals surface area contributed by atoms with E-state index in [0.717, 1.165) is 18.1 Å². The van der Waals surface area contributed by atoms with E-state index in [-0.39, 0.29) is 0 Å². The molecule has 0 aliphatic heterocycles. The third-order valence-corrected chi connectivity index (χ3v) is 4.99. The smallest absolute Gasteiger partial charge is 0.114 e. The Morgan fingerprint density at radius 3 is 2.33 bits per heavy atom. The van der Waals surface area contributed by atoms with Gasteiger partial charge in [0.1, 0.15) is 5.76 Å². The number of hydrogen-bond acceptors (Lipinski definition) is 3. The summed E-state index contributed by atoms with van der Waals surface area (Å²) in [5.74, 6) is 2.02. The lowest BCUT2D eigenvalue weighted by Gasteiger charge is -2.23. The van der Waals surface area contributed by atoms with E-state index >= 15 is 0 Å². The molecule has 21 heavy (non-hydrogen) atoms. The van der Waals surface area contributed by atoms with Crippen molar-refractivity contribution in [2.24, 2.45) is 0 Å². The van der Waals surface area contributed by atoms with Crippen LogP contribution in [0.1, 0.15) is 41.0 Å². The van der Waals surface area contributed by atoms with Gasteiger partial charge >= 0.3 is 0 Å². The van der Waals surface area contributed by atoms with Gasteiger partial charge in [-0.15, -0.1) is 11.8 Å². The maximum Gasteiger partial charge on any atom is 0.114 e. The minimum absolute atomic E-state index is 0.370. The van der Waals surface area contributed by atoms with Crippen LogP contribution in [0.3, 0.4) is 0 Å². The highest BCUT2D eigenvalue weighted by Gasteiger charge is 2.17. The maximum absolute atomic E-state index is 5.38. The van der Waals surface area contributed by atoms with E-state index in [1.165, 1.54) is 27.1 Å². The van der Waals surface area contributed by atoms with Gasteiger partial charge in [-0.1, -0.05) is 24.6 Å². The second kappa shape index (κ2) is 7.19. The van der Waals surface area contributed by atoms with Crippen molar-refractivity contribution in [2.45, 2.75) is 45.6 Å². The third kappa shape index (κ3) is 3.92. The first-order valence-corrected chi connectivity index (χ1v) is 8.49. The molecule has 1 aromatic heterocycles. The van der Waals surface area contributed by atoms with Gasteiger partial charge in [-0.3, -0.25) is 0 Å². The second-order valence-corrected chi connectivity index (χ2v) is 6.64. The fourth-order valence-corrected chi connectivity index (χ4v) is 3.96. The van der Waals surface area contributed by atoms with E-state index in [1.54, 1.807) is 6.26 Å². The summed E-state index contributed by atoms with van der Waals surface area (Å²) in [4.78, 5) is 1.24. The molecule has 0 radical (unpaired) electrons. The van der Waals surface area contributed by atoms with E-state index in [0.29, 0.717) is 6.04 Å².